The van der Waals surface area contributed by atoms with E-state index in [9.17, 15) is 9.90 Å². The molecule has 0 spiro atoms. The highest BCUT2D eigenvalue weighted by atomic mass is 16.3. The largest absolute Gasteiger partial charge is 0.507 e. The van der Waals surface area contributed by atoms with Crippen molar-refractivity contribution in [2.45, 2.75) is 6.92 Å². The van der Waals surface area contributed by atoms with Gasteiger partial charge in [-0.1, -0.05) is 24.8 Å². The number of nitrogens with zero attached hydrogens (tertiary/aromatic N) is 3. The number of benzene rings is 1. The molecule has 0 bridgehead atoms. The number of phenols is 1. The van der Waals surface area contributed by atoms with Gasteiger partial charge in [-0.2, -0.15) is 0 Å². The van der Waals surface area contributed by atoms with Crippen LogP contribution < -0.4 is 0 Å². The second-order valence-electron chi connectivity index (χ2n) is 2.94. The highest BCUT2D eigenvalue weighted by Crippen LogP contribution is 2.27. The normalized spacial score (nSPS) is 9.13. The number of phenolic OH excluding ortho intramolecular Hbond substituents is 1. The van der Waals surface area contributed by atoms with Gasteiger partial charge in [0.2, 0.25) is 5.91 Å². The van der Waals surface area contributed by atoms with E-state index in [1.807, 2.05) is 0 Å². The zero-order chi connectivity index (χ0) is 11.4. The average molecular weight is 203 g/mol. The van der Waals surface area contributed by atoms with Gasteiger partial charge in [-0.15, -0.1) is 0 Å². The fourth-order valence-electron chi connectivity index (χ4n) is 1.12. The third kappa shape index (κ3) is 2.15. The molecule has 0 saturated carbocycles. The number of carbonyl (C=O) groups is 1. The van der Waals surface area contributed by atoms with Gasteiger partial charge in [0.25, 0.3) is 0 Å². The maximum Gasteiger partial charge on any atom is 0.249 e. The Kier molecular flexibility index (Phi) is 3.10. The molecule has 1 N–H and O–H groups in total. The molecule has 0 heterocycles. The SMILES string of the molecule is C=C(C(=O)N=[N+]=[N-])c1cccc(C)c1O. The van der Waals surface area contributed by atoms with E-state index in [2.05, 4.69) is 16.6 Å². The predicted molar refractivity (Wildman–Crippen MR) is 56.0 cm³/mol. The number of rotatable bonds is 2. The summed E-state index contributed by atoms with van der Waals surface area (Å²) >= 11 is 0. The molecule has 5 heteroatoms. The van der Waals surface area contributed by atoms with E-state index in [1.165, 1.54) is 6.07 Å². The van der Waals surface area contributed by atoms with Gasteiger partial charge in [0, 0.05) is 16.0 Å². The van der Waals surface area contributed by atoms with E-state index in [4.69, 9.17) is 5.53 Å². The molecule has 0 fully saturated rings. The molecule has 1 aromatic carbocycles. The molecule has 0 atom stereocenters. The van der Waals surface area contributed by atoms with Gasteiger partial charge < -0.3 is 5.11 Å². The molecule has 5 nitrogen and oxygen atoms in total. The first-order valence-corrected chi connectivity index (χ1v) is 4.15. The molecule has 1 amide bonds. The van der Waals surface area contributed by atoms with Crippen LogP contribution in [-0.4, -0.2) is 11.0 Å². The molecule has 0 saturated heterocycles. The molecule has 0 unspecified atom stereocenters. The predicted octanol–water partition coefficient (Wildman–Crippen LogP) is 2.55. The number of azide groups is 1. The van der Waals surface area contributed by atoms with Gasteiger partial charge in [0.05, 0.1) is 0 Å². The van der Waals surface area contributed by atoms with Gasteiger partial charge in [-0.05, 0) is 23.1 Å². The van der Waals surface area contributed by atoms with E-state index in [-0.39, 0.29) is 16.9 Å². The van der Waals surface area contributed by atoms with Crippen molar-refractivity contribution in [2.24, 2.45) is 5.11 Å². The minimum atomic E-state index is -0.793. The number of hydrogen-bond acceptors (Lipinski definition) is 2. The number of carbonyl (C=O) groups excluding carboxylic acids is 1. The van der Waals surface area contributed by atoms with Gasteiger partial charge in [-0.25, -0.2) is 0 Å². The van der Waals surface area contributed by atoms with Crippen LogP contribution in [0.25, 0.3) is 16.0 Å². The van der Waals surface area contributed by atoms with Crippen molar-refractivity contribution in [2.75, 3.05) is 0 Å². The molecule has 0 aliphatic rings. The minimum absolute atomic E-state index is 0.0194. The first-order valence-electron chi connectivity index (χ1n) is 4.15. The van der Waals surface area contributed by atoms with Crippen LogP contribution >= 0.6 is 0 Å². The Balaban J connectivity index is 3.17. The summed E-state index contributed by atoms with van der Waals surface area (Å²) in [5.41, 5.74) is 8.98. The Hall–Kier alpha value is -2.26. The summed E-state index contributed by atoms with van der Waals surface area (Å²) in [5.74, 6) is -0.817. The van der Waals surface area contributed by atoms with Crippen LogP contribution in [-0.2, 0) is 4.79 Å². The number of amides is 1. The van der Waals surface area contributed by atoms with Gasteiger partial charge in [0.1, 0.15) is 5.75 Å². The summed E-state index contributed by atoms with van der Waals surface area (Å²) in [4.78, 5) is 13.5. The molecule has 0 aliphatic carbocycles. The third-order valence-electron chi connectivity index (χ3n) is 1.96. The number of hydrogen-bond donors (Lipinski definition) is 1. The lowest BCUT2D eigenvalue weighted by Crippen LogP contribution is -1.96. The van der Waals surface area contributed by atoms with Gasteiger partial charge in [0.15, 0.2) is 0 Å². The monoisotopic (exact) mass is 203 g/mol. The van der Waals surface area contributed by atoms with E-state index in [1.54, 1.807) is 19.1 Å². The van der Waals surface area contributed by atoms with Crippen molar-refractivity contribution in [3.63, 3.8) is 0 Å². The Labute approximate surface area is 86.3 Å². The number of aryl methyl sites for hydroxylation is 1. The standard InChI is InChI=1S/C10H9N3O2/c1-6-4-3-5-8(9(6)14)7(2)10(15)12-13-11/h3-5,14H,2H2,1H3. The summed E-state index contributed by atoms with van der Waals surface area (Å²) in [6.45, 7) is 5.17. The first-order chi connectivity index (χ1) is 7.07. The van der Waals surface area contributed by atoms with Crippen molar-refractivity contribution in [3.05, 3.63) is 46.3 Å². The number of para-hydroxylation sites is 1. The Morgan fingerprint density at radius 2 is 2.27 bits per heavy atom. The van der Waals surface area contributed by atoms with Crippen LogP contribution in [0.2, 0.25) is 0 Å². The Morgan fingerprint density at radius 3 is 2.87 bits per heavy atom. The van der Waals surface area contributed by atoms with E-state index >= 15 is 0 Å². The molecule has 0 radical (unpaired) electrons. The molecular formula is C10H9N3O2. The Bertz CT molecular complexity index is 474. The van der Waals surface area contributed by atoms with E-state index in [0.29, 0.717) is 5.56 Å². The molecule has 15 heavy (non-hydrogen) atoms. The molecule has 1 aromatic rings. The molecule has 76 valence electrons. The molecule has 0 aliphatic heterocycles. The maximum absolute atomic E-state index is 11.2. The molecule has 1 rings (SSSR count). The maximum atomic E-state index is 11.2. The van der Waals surface area contributed by atoms with Crippen LogP contribution in [0.1, 0.15) is 11.1 Å². The van der Waals surface area contributed by atoms with Crippen LogP contribution in [0.5, 0.6) is 5.75 Å². The lowest BCUT2D eigenvalue weighted by Gasteiger charge is -2.06. The summed E-state index contributed by atoms with van der Waals surface area (Å²) in [6, 6.07) is 4.92. The lowest BCUT2D eigenvalue weighted by atomic mass is 10.0. The second kappa shape index (κ2) is 4.30. The lowest BCUT2D eigenvalue weighted by molar-refractivity contribution is -0.112. The zero-order valence-corrected chi connectivity index (χ0v) is 8.14. The summed E-state index contributed by atoms with van der Waals surface area (Å²) in [6.07, 6.45) is 0. The smallest absolute Gasteiger partial charge is 0.249 e. The summed E-state index contributed by atoms with van der Waals surface area (Å²) in [5, 5.41) is 12.5. The van der Waals surface area contributed by atoms with Crippen molar-refractivity contribution < 1.29 is 9.90 Å². The van der Waals surface area contributed by atoms with Crippen molar-refractivity contribution in [1.82, 2.24) is 0 Å². The second-order valence-corrected chi connectivity index (χ2v) is 2.94. The van der Waals surface area contributed by atoms with Crippen LogP contribution in [0, 0.1) is 6.92 Å². The minimum Gasteiger partial charge on any atom is -0.507 e. The summed E-state index contributed by atoms with van der Waals surface area (Å²) in [7, 11) is 0. The first kappa shape index (κ1) is 10.8. The fraction of sp³-hybridized carbons (Fsp3) is 0.100. The average Bonchev–Trinajstić information content (AvgIpc) is 2.21. The summed E-state index contributed by atoms with van der Waals surface area (Å²) < 4.78 is 0. The quantitative estimate of drug-likeness (QED) is 0.346. The topological polar surface area (TPSA) is 86.1 Å². The van der Waals surface area contributed by atoms with Crippen LogP contribution in [0.4, 0.5) is 0 Å². The van der Waals surface area contributed by atoms with Crippen molar-refractivity contribution >= 4 is 11.5 Å². The van der Waals surface area contributed by atoms with Gasteiger partial charge >= 0.3 is 0 Å². The van der Waals surface area contributed by atoms with E-state index < -0.39 is 5.91 Å². The van der Waals surface area contributed by atoms with Crippen LogP contribution in [0.15, 0.2) is 29.9 Å². The Morgan fingerprint density at radius 1 is 1.60 bits per heavy atom. The highest BCUT2D eigenvalue weighted by Gasteiger charge is 2.12. The number of aromatic hydroxyl groups is 1. The third-order valence-corrected chi connectivity index (χ3v) is 1.96. The van der Waals surface area contributed by atoms with E-state index in [0.717, 1.165) is 0 Å². The fourth-order valence-corrected chi connectivity index (χ4v) is 1.12. The molecule has 0 aromatic heterocycles. The van der Waals surface area contributed by atoms with Crippen molar-refractivity contribution in [3.8, 4) is 5.75 Å². The zero-order valence-electron chi connectivity index (χ0n) is 8.14. The van der Waals surface area contributed by atoms with Gasteiger partial charge in [-0.3, -0.25) is 4.79 Å². The highest BCUT2D eigenvalue weighted by molar-refractivity contribution is 6.19. The van der Waals surface area contributed by atoms with Crippen molar-refractivity contribution in [1.29, 1.82) is 0 Å². The van der Waals surface area contributed by atoms with Crippen LogP contribution in [0.3, 0.4) is 0 Å². The molecular weight excluding hydrogens is 194 g/mol.